The Morgan fingerprint density at radius 1 is 0.808 bits per heavy atom. The average molecular weight is 396 g/mol. The smallest absolute Gasteiger partial charge is 0.267 e. The highest BCUT2D eigenvalue weighted by molar-refractivity contribution is 7.45. The van der Waals surface area contributed by atoms with Crippen molar-refractivity contribution in [2.75, 3.05) is 19.8 Å². The van der Waals surface area contributed by atoms with E-state index in [1.54, 1.807) is 0 Å². The van der Waals surface area contributed by atoms with Gasteiger partial charge in [0.15, 0.2) is 0 Å². The van der Waals surface area contributed by atoms with E-state index in [2.05, 4.69) is 40.4 Å². The van der Waals surface area contributed by atoms with Crippen LogP contribution in [-0.2, 0) is 13.6 Å². The number of hydrogen-bond acceptors (Lipinski definition) is 4. The maximum atomic E-state index is 11.5. The monoisotopic (exact) mass is 395 g/mol. The predicted octanol–water partition coefficient (Wildman–Crippen LogP) is 4.95. The summed E-state index contributed by atoms with van der Waals surface area (Å²) in [7, 11) is -4.08. The molecule has 0 saturated heterocycles. The summed E-state index contributed by atoms with van der Waals surface area (Å²) < 4.78 is 21.2. The fourth-order valence-electron chi connectivity index (χ4n) is 2.30. The summed E-state index contributed by atoms with van der Waals surface area (Å²) in [6.07, 6.45) is 10.7. The summed E-state index contributed by atoms with van der Waals surface area (Å²) in [5.41, 5.74) is 3.68. The zero-order valence-electron chi connectivity index (χ0n) is 18.1. The Morgan fingerprint density at radius 3 is 1.50 bits per heavy atom. The zero-order valence-corrected chi connectivity index (χ0v) is 19.0. The van der Waals surface area contributed by atoms with Crippen LogP contribution in [0.2, 0.25) is 0 Å². The first-order valence-electron chi connectivity index (χ1n) is 10.6. The number of phosphoric ester groups is 1. The molecule has 0 bridgehead atoms. The summed E-state index contributed by atoms with van der Waals surface area (Å²) in [4.78, 5) is 11.5. The lowest BCUT2D eigenvalue weighted by atomic mass is 10.1. The molecule has 0 aliphatic carbocycles. The lowest BCUT2D eigenvalue weighted by molar-refractivity contribution is -0.368. The molecule has 0 saturated carbocycles. The molecule has 0 fully saturated rings. The Morgan fingerprint density at radius 2 is 1.23 bits per heavy atom. The van der Waals surface area contributed by atoms with E-state index in [9.17, 15) is 9.46 Å². The first-order valence-corrected chi connectivity index (χ1v) is 12.1. The van der Waals surface area contributed by atoms with Gasteiger partial charge in [0.05, 0.1) is 19.8 Å². The van der Waals surface area contributed by atoms with E-state index < -0.39 is 7.82 Å². The van der Waals surface area contributed by atoms with E-state index in [0.717, 1.165) is 45.1 Å². The molecule has 0 aromatic heterocycles. The Balaban J connectivity index is 0. The van der Waals surface area contributed by atoms with E-state index in [1.165, 1.54) is 25.7 Å². The van der Waals surface area contributed by atoms with E-state index in [1.807, 2.05) is 0 Å². The molecule has 0 aromatic rings. The zero-order chi connectivity index (χ0) is 20.3. The van der Waals surface area contributed by atoms with Crippen molar-refractivity contribution in [3.63, 3.8) is 0 Å². The van der Waals surface area contributed by atoms with Gasteiger partial charge in [-0.15, -0.1) is 0 Å². The van der Waals surface area contributed by atoms with Crippen LogP contribution < -0.4 is 10.6 Å². The van der Waals surface area contributed by atoms with Gasteiger partial charge in [-0.2, -0.15) is 0 Å². The minimum atomic E-state index is -4.08. The van der Waals surface area contributed by atoms with Crippen molar-refractivity contribution < 1.29 is 24.2 Å². The summed E-state index contributed by atoms with van der Waals surface area (Å²) in [5.74, 6) is 1.41. The van der Waals surface area contributed by atoms with Gasteiger partial charge in [0.25, 0.3) is 7.82 Å². The summed E-state index contributed by atoms with van der Waals surface area (Å²) in [6.45, 7) is 12.5. The van der Waals surface area contributed by atoms with Crippen LogP contribution in [0.5, 0.6) is 0 Å². The number of phosphoric acid groups is 1. The van der Waals surface area contributed by atoms with E-state index in [-0.39, 0.29) is 13.2 Å². The van der Waals surface area contributed by atoms with Gasteiger partial charge in [-0.1, -0.05) is 79.6 Å². The van der Waals surface area contributed by atoms with Crippen molar-refractivity contribution in [1.82, 2.24) is 0 Å². The first kappa shape index (κ1) is 28.3. The molecule has 6 heteroatoms. The molecule has 0 rings (SSSR count). The Labute approximate surface area is 163 Å². The summed E-state index contributed by atoms with van der Waals surface area (Å²) in [5, 5.41) is 0. The van der Waals surface area contributed by atoms with Gasteiger partial charge in [-0.3, -0.25) is 4.57 Å². The van der Waals surface area contributed by atoms with Crippen molar-refractivity contribution in [3.8, 4) is 0 Å². The third kappa shape index (κ3) is 26.3. The van der Waals surface area contributed by atoms with Crippen molar-refractivity contribution in [2.24, 2.45) is 11.8 Å². The molecule has 0 aliphatic rings. The Kier molecular flexibility index (Phi) is 21.6. The summed E-state index contributed by atoms with van der Waals surface area (Å²) in [6, 6.07) is 0. The molecular formula is C20H46NO4P. The molecule has 5 nitrogen and oxygen atoms in total. The molecule has 0 radical (unpaired) electrons. The van der Waals surface area contributed by atoms with Gasteiger partial charge in [0.1, 0.15) is 0 Å². The lowest BCUT2D eigenvalue weighted by Gasteiger charge is -2.22. The highest BCUT2D eigenvalue weighted by Crippen LogP contribution is 2.38. The molecule has 0 aromatic carbocycles. The Bertz CT molecular complexity index is 299. The highest BCUT2D eigenvalue weighted by Gasteiger charge is 2.08. The van der Waals surface area contributed by atoms with Crippen LogP contribution in [0.15, 0.2) is 0 Å². The second-order valence-electron chi connectivity index (χ2n) is 7.81. The maximum absolute atomic E-state index is 11.5. The second-order valence-corrected chi connectivity index (χ2v) is 9.22. The molecule has 0 aliphatic heterocycles. The van der Waals surface area contributed by atoms with Gasteiger partial charge in [0.2, 0.25) is 0 Å². The minimum Gasteiger partial charge on any atom is -0.756 e. The first-order chi connectivity index (χ1) is 12.2. The van der Waals surface area contributed by atoms with Crippen LogP contribution >= 0.6 is 7.82 Å². The van der Waals surface area contributed by atoms with Crippen LogP contribution in [-0.4, -0.2) is 19.8 Å². The number of quaternary nitrogens is 1. The number of hydrogen-bond donors (Lipinski definition) is 1. The normalized spacial score (nSPS) is 11.7. The van der Waals surface area contributed by atoms with Gasteiger partial charge >= 0.3 is 0 Å². The number of rotatable bonds is 16. The molecule has 0 amide bonds. The standard InChI is InChI=1S/C16H35O4P.C4H11N/c1-15(2)11-7-5-9-13-19-21(17,18)20-14-10-6-8-12-16(3)4;1-2-3-4-5/h15-16H,5-14H2,1-4H3,(H,17,18);2-5H2,1H3. The van der Waals surface area contributed by atoms with Crippen molar-refractivity contribution in [2.45, 2.75) is 98.8 Å². The lowest BCUT2D eigenvalue weighted by Crippen LogP contribution is -2.49. The van der Waals surface area contributed by atoms with Crippen LogP contribution in [0.3, 0.4) is 0 Å². The molecule has 0 unspecified atom stereocenters. The number of unbranched alkanes of at least 4 members (excludes halogenated alkanes) is 5. The van der Waals surface area contributed by atoms with Gasteiger partial charge in [-0.05, 0) is 31.1 Å². The molecule has 160 valence electrons. The van der Waals surface area contributed by atoms with Gasteiger partial charge in [-0.25, -0.2) is 0 Å². The Hall–Kier alpha value is 0.0700. The third-order valence-electron chi connectivity index (χ3n) is 3.95. The van der Waals surface area contributed by atoms with E-state index in [4.69, 9.17) is 9.05 Å². The van der Waals surface area contributed by atoms with Crippen molar-refractivity contribution in [1.29, 1.82) is 0 Å². The van der Waals surface area contributed by atoms with Gasteiger partial charge in [0, 0.05) is 0 Å². The van der Waals surface area contributed by atoms with Crippen LogP contribution in [0.4, 0.5) is 0 Å². The minimum absolute atomic E-state index is 0.242. The van der Waals surface area contributed by atoms with Crippen LogP contribution in [0.1, 0.15) is 98.8 Å². The molecule has 26 heavy (non-hydrogen) atoms. The van der Waals surface area contributed by atoms with E-state index in [0.29, 0.717) is 11.8 Å². The maximum Gasteiger partial charge on any atom is 0.267 e. The third-order valence-corrected chi connectivity index (χ3v) is 4.95. The summed E-state index contributed by atoms with van der Waals surface area (Å²) >= 11 is 0. The average Bonchev–Trinajstić information content (AvgIpc) is 2.55. The molecule has 0 heterocycles. The van der Waals surface area contributed by atoms with Crippen LogP contribution in [0.25, 0.3) is 0 Å². The SMILES string of the molecule is CC(C)CCCCCOP(=O)([O-])OCCCCCC(C)C.CCCC[NH3+]. The topological polar surface area (TPSA) is 86.2 Å². The highest BCUT2D eigenvalue weighted by atomic mass is 31.2. The quantitative estimate of drug-likeness (QED) is 0.296. The molecule has 3 N–H and O–H groups in total. The molecule has 0 atom stereocenters. The van der Waals surface area contributed by atoms with Crippen LogP contribution in [0, 0.1) is 11.8 Å². The molecular weight excluding hydrogens is 349 g/mol. The fraction of sp³-hybridized carbons (Fsp3) is 1.00. The van der Waals surface area contributed by atoms with E-state index >= 15 is 0 Å². The molecule has 0 spiro atoms. The van der Waals surface area contributed by atoms with Crippen molar-refractivity contribution >= 4 is 7.82 Å². The predicted molar refractivity (Wildman–Crippen MR) is 109 cm³/mol. The largest absolute Gasteiger partial charge is 0.756 e. The van der Waals surface area contributed by atoms with Gasteiger partial charge < -0.3 is 19.7 Å². The fourth-order valence-corrected chi connectivity index (χ4v) is 3.08. The second kappa shape index (κ2) is 19.8. The van der Waals surface area contributed by atoms with Crippen molar-refractivity contribution in [3.05, 3.63) is 0 Å².